The van der Waals surface area contributed by atoms with E-state index >= 15 is 0 Å². The van der Waals surface area contributed by atoms with Crippen molar-refractivity contribution in [2.45, 2.75) is 13.3 Å². The molecular formula is C27H24FNO3S. The number of benzene rings is 3. The largest absolute Gasteiger partial charge is 0.508 e. The second-order valence-corrected chi connectivity index (χ2v) is 9.66. The molecular weight excluding hydrogens is 437 g/mol. The number of hydrogen-bond donors (Lipinski definition) is 1. The number of thiophene rings is 1. The zero-order chi connectivity index (χ0) is 22.9. The van der Waals surface area contributed by atoms with Crippen LogP contribution in [0.3, 0.4) is 0 Å². The Morgan fingerprint density at radius 2 is 1.88 bits per heavy atom. The number of phenols is 1. The summed E-state index contributed by atoms with van der Waals surface area (Å²) < 4.78 is 21.2. The van der Waals surface area contributed by atoms with E-state index in [0.717, 1.165) is 18.9 Å². The number of carbonyl (C=O) groups excluding carboxylic acids is 1. The summed E-state index contributed by atoms with van der Waals surface area (Å²) in [4.78, 5) is 16.0. The lowest BCUT2D eigenvalue weighted by atomic mass is 10.0. The molecule has 0 unspecified atom stereocenters. The van der Waals surface area contributed by atoms with Crippen molar-refractivity contribution in [2.75, 3.05) is 19.6 Å². The second-order valence-electron chi connectivity index (χ2n) is 8.61. The number of phenolic OH excluding ortho intramolecular Hbond substituents is 1. The molecule has 0 amide bonds. The fraction of sp³-hybridized carbons (Fsp3) is 0.222. The van der Waals surface area contributed by atoms with Crippen LogP contribution in [-0.4, -0.2) is 35.4 Å². The summed E-state index contributed by atoms with van der Waals surface area (Å²) >= 11 is 1.19. The van der Waals surface area contributed by atoms with Crippen molar-refractivity contribution in [1.82, 2.24) is 4.90 Å². The summed E-state index contributed by atoms with van der Waals surface area (Å²) in [5.41, 5.74) is 1.22. The van der Waals surface area contributed by atoms with E-state index in [9.17, 15) is 14.3 Å². The Morgan fingerprint density at radius 3 is 2.61 bits per heavy atom. The van der Waals surface area contributed by atoms with Gasteiger partial charge in [0, 0.05) is 29.7 Å². The molecule has 4 nitrogen and oxygen atoms in total. The third-order valence-corrected chi connectivity index (χ3v) is 7.09. The van der Waals surface area contributed by atoms with Crippen molar-refractivity contribution >= 4 is 27.2 Å². The van der Waals surface area contributed by atoms with Crippen molar-refractivity contribution in [1.29, 1.82) is 0 Å². The van der Waals surface area contributed by atoms with Crippen LogP contribution in [0.1, 0.15) is 27.7 Å². The van der Waals surface area contributed by atoms with Gasteiger partial charge in [0.1, 0.15) is 22.2 Å². The van der Waals surface area contributed by atoms with Crippen LogP contribution in [0, 0.1) is 11.7 Å². The molecule has 0 radical (unpaired) electrons. The van der Waals surface area contributed by atoms with Crippen molar-refractivity contribution in [3.8, 4) is 17.2 Å². The molecule has 33 heavy (non-hydrogen) atoms. The fourth-order valence-electron chi connectivity index (χ4n) is 4.22. The molecule has 1 fully saturated rings. The number of halogens is 1. The first kappa shape index (κ1) is 21.6. The predicted octanol–water partition coefficient (Wildman–Crippen LogP) is 6.26. The summed E-state index contributed by atoms with van der Waals surface area (Å²) in [5, 5.41) is 10.6. The lowest BCUT2D eigenvalue weighted by Crippen LogP contribution is -2.45. The van der Waals surface area contributed by atoms with Crippen LogP contribution in [0.15, 0.2) is 66.7 Å². The number of carbonyl (C=O) groups is 1. The molecule has 0 spiro atoms. The van der Waals surface area contributed by atoms with E-state index in [1.807, 2.05) is 24.3 Å². The van der Waals surface area contributed by atoms with Crippen LogP contribution < -0.4 is 4.74 Å². The van der Waals surface area contributed by atoms with Crippen molar-refractivity contribution < 1.29 is 19.0 Å². The quantitative estimate of drug-likeness (QED) is 0.330. The van der Waals surface area contributed by atoms with Gasteiger partial charge in [0.25, 0.3) is 0 Å². The van der Waals surface area contributed by atoms with Gasteiger partial charge in [-0.05, 0) is 60.4 Å². The summed E-state index contributed by atoms with van der Waals surface area (Å²) in [6.07, 6.45) is 0.977. The molecule has 0 bridgehead atoms. The SMILES string of the molecule is CC1CN(CCc2ccc(Oc3c(C(=O)c4ccccc4F)sc4cc(O)ccc34)cc2)C1. The average Bonchev–Trinajstić information content (AvgIpc) is 3.14. The van der Waals surface area contributed by atoms with Crippen LogP contribution in [-0.2, 0) is 6.42 Å². The highest BCUT2D eigenvalue weighted by molar-refractivity contribution is 7.21. The molecule has 0 aliphatic carbocycles. The predicted molar refractivity (Wildman–Crippen MR) is 129 cm³/mol. The molecule has 3 aromatic carbocycles. The number of fused-ring (bicyclic) bond motifs is 1. The Morgan fingerprint density at radius 1 is 1.12 bits per heavy atom. The van der Waals surface area contributed by atoms with E-state index in [0.29, 0.717) is 26.5 Å². The minimum Gasteiger partial charge on any atom is -0.508 e. The molecule has 1 N–H and O–H groups in total. The maximum absolute atomic E-state index is 14.3. The molecule has 6 heteroatoms. The first-order chi connectivity index (χ1) is 16.0. The molecule has 5 rings (SSSR count). The minimum atomic E-state index is -0.574. The maximum Gasteiger partial charge on any atom is 0.209 e. The molecule has 1 aromatic heterocycles. The van der Waals surface area contributed by atoms with Gasteiger partial charge in [-0.1, -0.05) is 31.2 Å². The normalized spacial score (nSPS) is 14.4. The van der Waals surface area contributed by atoms with E-state index in [2.05, 4.69) is 11.8 Å². The van der Waals surface area contributed by atoms with Gasteiger partial charge in [-0.25, -0.2) is 4.39 Å². The monoisotopic (exact) mass is 461 g/mol. The van der Waals surface area contributed by atoms with Crippen LogP contribution in [0.25, 0.3) is 10.1 Å². The van der Waals surface area contributed by atoms with Gasteiger partial charge in [-0.15, -0.1) is 11.3 Å². The smallest absolute Gasteiger partial charge is 0.209 e. The number of ketones is 1. The van der Waals surface area contributed by atoms with Gasteiger partial charge >= 0.3 is 0 Å². The topological polar surface area (TPSA) is 49.8 Å². The fourth-order valence-corrected chi connectivity index (χ4v) is 5.34. The van der Waals surface area contributed by atoms with E-state index in [-0.39, 0.29) is 11.3 Å². The average molecular weight is 462 g/mol. The molecule has 168 valence electrons. The van der Waals surface area contributed by atoms with Crippen molar-refractivity contribution in [2.24, 2.45) is 5.92 Å². The summed E-state index contributed by atoms with van der Waals surface area (Å²) in [6.45, 7) is 5.65. The van der Waals surface area contributed by atoms with Crippen LogP contribution in [0.5, 0.6) is 17.2 Å². The Balaban J connectivity index is 1.43. The van der Waals surface area contributed by atoms with Crippen LogP contribution >= 0.6 is 11.3 Å². The van der Waals surface area contributed by atoms with E-state index in [1.54, 1.807) is 30.3 Å². The molecule has 1 aliphatic rings. The third-order valence-electron chi connectivity index (χ3n) is 5.95. The summed E-state index contributed by atoms with van der Waals surface area (Å²) in [5.74, 6) is 0.863. The number of likely N-dealkylation sites (tertiary alicyclic amines) is 1. The number of aromatic hydroxyl groups is 1. The first-order valence-corrected chi connectivity index (χ1v) is 11.8. The maximum atomic E-state index is 14.3. The Bertz CT molecular complexity index is 1310. The van der Waals surface area contributed by atoms with Crippen molar-refractivity contribution in [3.05, 3.63) is 88.6 Å². The molecule has 0 saturated carbocycles. The minimum absolute atomic E-state index is 0.00575. The van der Waals surface area contributed by atoms with Gasteiger partial charge in [0.05, 0.1) is 5.56 Å². The zero-order valence-corrected chi connectivity index (χ0v) is 19.1. The number of hydrogen-bond acceptors (Lipinski definition) is 5. The molecule has 1 saturated heterocycles. The van der Waals surface area contributed by atoms with Crippen molar-refractivity contribution in [3.63, 3.8) is 0 Å². The highest BCUT2D eigenvalue weighted by Crippen LogP contribution is 2.42. The Labute approximate surface area is 195 Å². The molecule has 0 atom stereocenters. The molecule has 4 aromatic rings. The van der Waals surface area contributed by atoms with Crippen LogP contribution in [0.2, 0.25) is 0 Å². The third kappa shape index (κ3) is 4.49. The highest BCUT2D eigenvalue weighted by Gasteiger charge is 2.24. The number of rotatable bonds is 7. The van der Waals surface area contributed by atoms with E-state index < -0.39 is 11.6 Å². The number of nitrogens with zero attached hydrogens (tertiary/aromatic N) is 1. The van der Waals surface area contributed by atoms with Crippen LogP contribution in [0.4, 0.5) is 4.39 Å². The summed E-state index contributed by atoms with van der Waals surface area (Å²) in [7, 11) is 0. The van der Waals surface area contributed by atoms with Gasteiger partial charge in [-0.3, -0.25) is 4.79 Å². The Kier molecular flexibility index (Phi) is 5.87. The zero-order valence-electron chi connectivity index (χ0n) is 18.3. The Hall–Kier alpha value is -3.22. The van der Waals surface area contributed by atoms with Gasteiger partial charge in [-0.2, -0.15) is 0 Å². The second kappa shape index (κ2) is 8.96. The molecule has 1 aliphatic heterocycles. The first-order valence-electron chi connectivity index (χ1n) is 11.0. The van der Waals surface area contributed by atoms with E-state index in [4.69, 9.17) is 4.74 Å². The summed E-state index contributed by atoms with van der Waals surface area (Å²) in [6, 6.07) is 18.7. The van der Waals surface area contributed by atoms with Gasteiger partial charge in [0.15, 0.2) is 5.75 Å². The molecule has 2 heterocycles. The lowest BCUT2D eigenvalue weighted by molar-refractivity contribution is 0.103. The lowest BCUT2D eigenvalue weighted by Gasteiger charge is -2.37. The van der Waals surface area contributed by atoms with Gasteiger partial charge in [0.2, 0.25) is 5.78 Å². The van der Waals surface area contributed by atoms with Gasteiger partial charge < -0.3 is 14.7 Å². The van der Waals surface area contributed by atoms with E-state index in [1.165, 1.54) is 42.1 Å². The number of ether oxygens (including phenoxy) is 1. The highest BCUT2D eigenvalue weighted by atomic mass is 32.1. The standard InChI is InChI=1S/C27H24FNO3S/c1-17-15-29(16-17)13-12-18-6-9-20(10-7-18)32-26-22-11-8-19(30)14-24(22)33-27(26)25(31)21-4-2-3-5-23(21)28/h2-11,14,17,30H,12-13,15-16H2,1H3.